The molecule has 1 fully saturated rings. The van der Waals surface area contributed by atoms with Gasteiger partial charge < -0.3 is 10.1 Å². The van der Waals surface area contributed by atoms with Crippen molar-refractivity contribution in [1.82, 2.24) is 9.38 Å². The van der Waals surface area contributed by atoms with Crippen molar-refractivity contribution < 1.29 is 4.92 Å². The number of nitrogens with zero attached hydrogens (tertiary/aromatic N) is 3. The van der Waals surface area contributed by atoms with Gasteiger partial charge in [0.25, 0.3) is 4.96 Å². The van der Waals surface area contributed by atoms with Crippen molar-refractivity contribution in [2.45, 2.75) is 42.4 Å². The summed E-state index contributed by atoms with van der Waals surface area (Å²) in [5.74, 6) is 0.127. The highest BCUT2D eigenvalue weighted by Crippen LogP contribution is 2.38. The van der Waals surface area contributed by atoms with Crippen molar-refractivity contribution in [2.75, 3.05) is 0 Å². The van der Waals surface area contributed by atoms with Crippen molar-refractivity contribution in [3.63, 3.8) is 0 Å². The molecule has 0 aliphatic heterocycles. The summed E-state index contributed by atoms with van der Waals surface area (Å²) >= 11 is 3.02. The molecule has 2 aromatic rings. The Balaban J connectivity index is 1.92. The number of imidazole rings is 1. The maximum atomic E-state index is 11.2. The summed E-state index contributed by atoms with van der Waals surface area (Å²) in [4.78, 5) is 16.0. The monoisotopic (exact) mass is 283 g/mol. The standard InChI is InChI=1S/C11H13N3O2S2/c15-14(16)10-9(12-11-13(10)6-7-17-11)18-8-4-2-1-3-5-8/h6-8H,1-5H2. The zero-order chi connectivity index (χ0) is 12.5. The van der Waals surface area contributed by atoms with Crippen LogP contribution >= 0.6 is 23.1 Å². The molecular weight excluding hydrogens is 270 g/mol. The van der Waals surface area contributed by atoms with E-state index >= 15 is 0 Å². The van der Waals surface area contributed by atoms with Crippen LogP contribution in [-0.4, -0.2) is 19.6 Å². The summed E-state index contributed by atoms with van der Waals surface area (Å²) in [5, 5.41) is 14.1. The SMILES string of the molecule is O=[N+]([O-])c1c(SC2CCCCC2)nc2sccn12. The fraction of sp³-hybridized carbons (Fsp3) is 0.545. The molecule has 1 aliphatic rings. The van der Waals surface area contributed by atoms with E-state index in [2.05, 4.69) is 4.98 Å². The van der Waals surface area contributed by atoms with E-state index in [1.807, 2.05) is 5.38 Å². The molecular formula is C11H13N3O2S2. The lowest BCUT2D eigenvalue weighted by Crippen LogP contribution is -2.08. The van der Waals surface area contributed by atoms with E-state index in [1.165, 1.54) is 30.6 Å². The van der Waals surface area contributed by atoms with Gasteiger partial charge in [0.1, 0.15) is 6.20 Å². The van der Waals surface area contributed by atoms with E-state index in [1.54, 1.807) is 22.4 Å². The van der Waals surface area contributed by atoms with Crippen LogP contribution in [0.5, 0.6) is 0 Å². The molecule has 1 aliphatic carbocycles. The van der Waals surface area contributed by atoms with E-state index in [0.29, 0.717) is 15.2 Å². The maximum absolute atomic E-state index is 11.2. The highest BCUT2D eigenvalue weighted by Gasteiger charge is 2.27. The Morgan fingerprint density at radius 1 is 1.44 bits per heavy atom. The highest BCUT2D eigenvalue weighted by atomic mass is 32.2. The molecule has 96 valence electrons. The molecule has 5 nitrogen and oxygen atoms in total. The molecule has 2 aromatic heterocycles. The van der Waals surface area contributed by atoms with Crippen LogP contribution in [-0.2, 0) is 0 Å². The Hall–Kier alpha value is -1.08. The van der Waals surface area contributed by atoms with Gasteiger partial charge in [0.05, 0.1) is 0 Å². The van der Waals surface area contributed by atoms with Crippen LogP contribution in [0.2, 0.25) is 0 Å². The molecule has 0 unspecified atom stereocenters. The zero-order valence-corrected chi connectivity index (χ0v) is 11.4. The zero-order valence-electron chi connectivity index (χ0n) is 9.74. The molecule has 0 aromatic carbocycles. The maximum Gasteiger partial charge on any atom is 0.362 e. The van der Waals surface area contributed by atoms with Crippen LogP contribution < -0.4 is 0 Å². The molecule has 0 radical (unpaired) electrons. The van der Waals surface area contributed by atoms with Gasteiger partial charge in [-0.15, -0.1) is 0 Å². The third-order valence-corrected chi connectivity index (χ3v) is 5.27. The molecule has 0 bridgehead atoms. The topological polar surface area (TPSA) is 60.4 Å². The average Bonchev–Trinajstić information content (AvgIpc) is 2.89. The number of thiazole rings is 1. The van der Waals surface area contributed by atoms with Crippen LogP contribution in [0.1, 0.15) is 32.1 Å². The van der Waals surface area contributed by atoms with Crippen molar-refractivity contribution in [1.29, 1.82) is 0 Å². The Bertz CT molecular complexity index is 572. The fourth-order valence-electron chi connectivity index (χ4n) is 2.34. The highest BCUT2D eigenvalue weighted by molar-refractivity contribution is 8.00. The van der Waals surface area contributed by atoms with Gasteiger partial charge in [0, 0.05) is 10.6 Å². The summed E-state index contributed by atoms with van der Waals surface area (Å²) < 4.78 is 1.58. The van der Waals surface area contributed by atoms with Crippen molar-refractivity contribution in [3.05, 3.63) is 21.7 Å². The number of hydrogen-bond acceptors (Lipinski definition) is 5. The van der Waals surface area contributed by atoms with E-state index < -0.39 is 0 Å². The second-order valence-electron chi connectivity index (χ2n) is 4.43. The van der Waals surface area contributed by atoms with Crippen LogP contribution in [0.4, 0.5) is 5.82 Å². The minimum atomic E-state index is -0.322. The second kappa shape index (κ2) is 4.89. The van der Waals surface area contributed by atoms with Crippen molar-refractivity contribution >= 4 is 33.9 Å². The van der Waals surface area contributed by atoms with Crippen molar-refractivity contribution in [3.8, 4) is 0 Å². The van der Waals surface area contributed by atoms with Crippen molar-refractivity contribution in [2.24, 2.45) is 0 Å². The van der Waals surface area contributed by atoms with Crippen LogP contribution in [0.3, 0.4) is 0 Å². The molecule has 2 heterocycles. The summed E-state index contributed by atoms with van der Waals surface area (Å²) in [6.07, 6.45) is 7.76. The third kappa shape index (κ3) is 2.12. The van der Waals surface area contributed by atoms with Gasteiger partial charge in [-0.25, -0.2) is 0 Å². The Kier molecular flexibility index (Phi) is 3.25. The fourth-order valence-corrected chi connectivity index (χ4v) is 4.41. The van der Waals surface area contributed by atoms with Gasteiger partial charge in [0.2, 0.25) is 0 Å². The largest absolute Gasteiger partial charge is 0.362 e. The summed E-state index contributed by atoms with van der Waals surface area (Å²) in [6, 6.07) is 0. The summed E-state index contributed by atoms with van der Waals surface area (Å²) in [5.41, 5.74) is 0. The first-order valence-electron chi connectivity index (χ1n) is 6.02. The molecule has 1 saturated carbocycles. The van der Waals surface area contributed by atoms with Crippen LogP contribution in [0, 0.1) is 10.1 Å². The van der Waals surface area contributed by atoms with E-state index in [9.17, 15) is 10.1 Å². The molecule has 18 heavy (non-hydrogen) atoms. The second-order valence-corrected chi connectivity index (χ2v) is 6.59. The van der Waals surface area contributed by atoms with Gasteiger partial charge in [-0.1, -0.05) is 42.4 Å². The quantitative estimate of drug-likeness (QED) is 0.636. The lowest BCUT2D eigenvalue weighted by atomic mass is 10.0. The number of fused-ring (bicyclic) bond motifs is 1. The number of thioether (sulfide) groups is 1. The smallest absolute Gasteiger partial charge is 0.358 e. The predicted octanol–water partition coefficient (Wildman–Crippen LogP) is 3.73. The van der Waals surface area contributed by atoms with Crippen LogP contribution in [0.25, 0.3) is 4.96 Å². The molecule has 0 amide bonds. The van der Waals surface area contributed by atoms with Gasteiger partial charge in [0.15, 0.2) is 5.03 Å². The normalized spacial score (nSPS) is 17.3. The van der Waals surface area contributed by atoms with E-state index in [-0.39, 0.29) is 10.7 Å². The van der Waals surface area contributed by atoms with Gasteiger partial charge in [-0.2, -0.15) is 9.38 Å². The predicted molar refractivity (Wildman–Crippen MR) is 72.5 cm³/mol. The first-order valence-corrected chi connectivity index (χ1v) is 7.78. The van der Waals surface area contributed by atoms with E-state index in [4.69, 9.17) is 0 Å². The first kappa shape index (κ1) is 12.0. The van der Waals surface area contributed by atoms with E-state index in [0.717, 1.165) is 12.8 Å². The first-order chi connectivity index (χ1) is 8.75. The van der Waals surface area contributed by atoms with Gasteiger partial charge in [-0.05, 0) is 17.8 Å². The molecule has 3 rings (SSSR count). The van der Waals surface area contributed by atoms with Crippen LogP contribution in [0.15, 0.2) is 16.6 Å². The number of rotatable bonds is 3. The molecule has 0 atom stereocenters. The summed E-state index contributed by atoms with van der Waals surface area (Å²) in [7, 11) is 0. The average molecular weight is 283 g/mol. The minimum absolute atomic E-state index is 0.127. The Morgan fingerprint density at radius 3 is 2.94 bits per heavy atom. The van der Waals surface area contributed by atoms with Gasteiger partial charge in [-0.3, -0.25) is 0 Å². The molecule has 0 N–H and O–H groups in total. The lowest BCUT2D eigenvalue weighted by molar-refractivity contribution is -0.393. The Morgan fingerprint density at radius 2 is 2.22 bits per heavy atom. The molecule has 0 spiro atoms. The van der Waals surface area contributed by atoms with Gasteiger partial charge >= 0.3 is 5.82 Å². The Labute approximate surface area is 112 Å². The lowest BCUT2D eigenvalue weighted by Gasteiger charge is -2.19. The minimum Gasteiger partial charge on any atom is -0.358 e. The number of aromatic nitrogens is 2. The molecule has 7 heteroatoms. The summed E-state index contributed by atoms with van der Waals surface area (Å²) in [6.45, 7) is 0. The number of nitro groups is 1. The molecule has 0 saturated heterocycles. The third-order valence-electron chi connectivity index (χ3n) is 3.21. The number of hydrogen-bond donors (Lipinski definition) is 0.